The molecule has 2 atom stereocenters. The van der Waals surface area contributed by atoms with Crippen molar-refractivity contribution in [2.45, 2.75) is 12.1 Å². The summed E-state index contributed by atoms with van der Waals surface area (Å²) in [4.78, 5) is 20.8. The molecule has 1 aliphatic heterocycles. The molecule has 0 spiro atoms. The summed E-state index contributed by atoms with van der Waals surface area (Å²) in [6.07, 6.45) is 1.84. The molecule has 0 radical (unpaired) electrons. The van der Waals surface area contributed by atoms with E-state index in [9.17, 15) is 4.79 Å². The minimum Gasteiger partial charge on any atom is -0.379 e. The Hall–Kier alpha value is -2.77. The lowest BCUT2D eigenvalue weighted by Crippen LogP contribution is -2.44. The number of nitrogens with one attached hydrogen (secondary N) is 2. The van der Waals surface area contributed by atoms with Gasteiger partial charge in [-0.1, -0.05) is 54.6 Å². The molecule has 32 heavy (non-hydrogen) atoms. The van der Waals surface area contributed by atoms with Gasteiger partial charge in [-0.2, -0.15) is 0 Å². The number of ketones is 1. The van der Waals surface area contributed by atoms with E-state index in [1.165, 1.54) is 4.88 Å². The minimum absolute atomic E-state index is 0.0838. The van der Waals surface area contributed by atoms with E-state index in [1.807, 2.05) is 60.8 Å². The summed E-state index contributed by atoms with van der Waals surface area (Å²) in [5.41, 5.74) is 2.68. The van der Waals surface area contributed by atoms with Gasteiger partial charge in [0, 0.05) is 47.2 Å². The van der Waals surface area contributed by atoms with E-state index in [0.29, 0.717) is 6.54 Å². The number of hydrogen-bond acceptors (Lipinski definition) is 5. The Morgan fingerprint density at radius 3 is 2.59 bits per heavy atom. The molecule has 0 unspecified atom stereocenters. The van der Waals surface area contributed by atoms with E-state index in [-0.39, 0.29) is 11.8 Å². The molecule has 1 saturated heterocycles. The number of aromatic amines is 1. The van der Waals surface area contributed by atoms with Crippen LogP contribution in [0.3, 0.4) is 0 Å². The first-order chi connectivity index (χ1) is 15.8. The van der Waals surface area contributed by atoms with Gasteiger partial charge in [0.2, 0.25) is 0 Å². The highest BCUT2D eigenvalue weighted by Gasteiger charge is 2.28. The molecule has 5 rings (SSSR count). The van der Waals surface area contributed by atoms with Crippen molar-refractivity contribution in [2.75, 3.05) is 32.8 Å². The smallest absolute Gasteiger partial charge is 0.186 e. The number of morpholine rings is 1. The van der Waals surface area contributed by atoms with E-state index >= 15 is 0 Å². The Balaban J connectivity index is 1.44. The molecule has 0 aliphatic carbocycles. The number of fused-ring (bicyclic) bond motifs is 1. The fourth-order valence-corrected chi connectivity index (χ4v) is 5.31. The van der Waals surface area contributed by atoms with Crippen molar-refractivity contribution in [3.05, 3.63) is 94.3 Å². The molecule has 164 valence electrons. The summed E-state index contributed by atoms with van der Waals surface area (Å²) in [7, 11) is 0. The highest BCUT2D eigenvalue weighted by Crippen LogP contribution is 2.28. The molecule has 0 saturated carbocycles. The van der Waals surface area contributed by atoms with E-state index in [0.717, 1.165) is 48.3 Å². The second-order valence-electron chi connectivity index (χ2n) is 8.04. The topological polar surface area (TPSA) is 57.4 Å². The van der Waals surface area contributed by atoms with Crippen LogP contribution in [0.2, 0.25) is 0 Å². The molecular weight excluding hydrogens is 418 g/mol. The van der Waals surface area contributed by atoms with Gasteiger partial charge in [-0.05, 0) is 23.1 Å². The summed E-state index contributed by atoms with van der Waals surface area (Å²) >= 11 is 1.77. The Morgan fingerprint density at radius 1 is 1.03 bits per heavy atom. The monoisotopic (exact) mass is 445 g/mol. The van der Waals surface area contributed by atoms with Crippen LogP contribution in [-0.2, 0) is 4.74 Å². The molecule has 5 nitrogen and oxygen atoms in total. The van der Waals surface area contributed by atoms with Crippen molar-refractivity contribution in [1.29, 1.82) is 0 Å². The highest BCUT2D eigenvalue weighted by atomic mass is 32.1. The zero-order chi connectivity index (χ0) is 21.8. The van der Waals surface area contributed by atoms with Crippen LogP contribution >= 0.6 is 11.3 Å². The van der Waals surface area contributed by atoms with E-state index < -0.39 is 6.04 Å². The van der Waals surface area contributed by atoms with Gasteiger partial charge in [0.1, 0.15) is 0 Å². The molecule has 2 aromatic heterocycles. The van der Waals surface area contributed by atoms with Gasteiger partial charge < -0.3 is 15.0 Å². The van der Waals surface area contributed by atoms with E-state index in [2.05, 4.69) is 32.7 Å². The first kappa shape index (κ1) is 21.1. The zero-order valence-corrected chi connectivity index (χ0v) is 18.7. The van der Waals surface area contributed by atoms with Gasteiger partial charge in [-0.3, -0.25) is 9.69 Å². The summed E-state index contributed by atoms with van der Waals surface area (Å²) in [5, 5.41) is 6.72. The third-order valence-electron chi connectivity index (χ3n) is 6.12. The molecule has 4 aromatic rings. The maximum absolute atomic E-state index is 13.8. The number of Topliss-reactive ketones (excluding diaryl/α,β-unsaturated/α-hetero) is 1. The summed E-state index contributed by atoms with van der Waals surface area (Å²) in [6.45, 7) is 3.98. The number of rotatable bonds is 8. The van der Waals surface area contributed by atoms with Crippen LogP contribution in [0.25, 0.3) is 10.9 Å². The molecule has 1 aliphatic rings. The van der Waals surface area contributed by atoms with Gasteiger partial charge in [0.15, 0.2) is 5.78 Å². The van der Waals surface area contributed by atoms with Crippen LogP contribution in [0.5, 0.6) is 0 Å². The quantitative estimate of drug-likeness (QED) is 0.382. The zero-order valence-electron chi connectivity index (χ0n) is 17.9. The van der Waals surface area contributed by atoms with Crippen molar-refractivity contribution in [2.24, 2.45) is 0 Å². The minimum atomic E-state index is -0.418. The van der Waals surface area contributed by atoms with E-state index in [4.69, 9.17) is 4.74 Å². The fourth-order valence-electron chi connectivity index (χ4n) is 4.45. The number of thiophene rings is 1. The Morgan fingerprint density at radius 2 is 1.81 bits per heavy atom. The van der Waals surface area contributed by atoms with Crippen LogP contribution in [-0.4, -0.2) is 48.5 Å². The Bertz CT molecular complexity index is 1150. The van der Waals surface area contributed by atoms with Crippen LogP contribution in [0.15, 0.2) is 78.3 Å². The van der Waals surface area contributed by atoms with Crippen LogP contribution in [0.1, 0.15) is 32.9 Å². The average Bonchev–Trinajstić information content (AvgIpc) is 3.53. The number of hydrogen-bond donors (Lipinski definition) is 2. The first-order valence-corrected chi connectivity index (χ1v) is 11.9. The molecule has 0 amide bonds. The predicted molar refractivity (Wildman–Crippen MR) is 129 cm³/mol. The maximum atomic E-state index is 13.8. The normalized spacial score (nSPS) is 16.8. The summed E-state index contributed by atoms with van der Waals surface area (Å²) < 4.78 is 5.57. The third kappa shape index (κ3) is 4.40. The first-order valence-electron chi connectivity index (χ1n) is 11.0. The lowest BCUT2D eigenvalue weighted by atomic mass is 9.96. The highest BCUT2D eigenvalue weighted by molar-refractivity contribution is 7.10. The molecule has 6 heteroatoms. The number of ether oxygens (including phenoxy) is 1. The number of H-pyrrole nitrogens is 1. The second kappa shape index (κ2) is 9.79. The number of carbonyl (C=O) groups excluding carboxylic acids is 1. The Labute approximate surface area is 192 Å². The number of carbonyl (C=O) groups is 1. The van der Waals surface area contributed by atoms with Crippen LogP contribution < -0.4 is 5.32 Å². The van der Waals surface area contributed by atoms with E-state index in [1.54, 1.807) is 11.3 Å². The molecule has 2 aromatic carbocycles. The van der Waals surface area contributed by atoms with Crippen molar-refractivity contribution in [1.82, 2.24) is 15.2 Å². The van der Waals surface area contributed by atoms with Crippen molar-refractivity contribution >= 4 is 28.0 Å². The van der Waals surface area contributed by atoms with Crippen molar-refractivity contribution < 1.29 is 9.53 Å². The van der Waals surface area contributed by atoms with Crippen LogP contribution in [0, 0.1) is 0 Å². The van der Waals surface area contributed by atoms with Crippen LogP contribution in [0.4, 0.5) is 0 Å². The fraction of sp³-hybridized carbons (Fsp3) is 0.269. The molecule has 1 fully saturated rings. The molecule has 2 N–H and O–H groups in total. The molecule has 3 heterocycles. The van der Waals surface area contributed by atoms with Gasteiger partial charge in [-0.25, -0.2) is 0 Å². The number of aromatic nitrogens is 1. The Kier molecular flexibility index (Phi) is 6.46. The second-order valence-corrected chi connectivity index (χ2v) is 9.02. The number of para-hydroxylation sites is 1. The van der Waals surface area contributed by atoms with Crippen molar-refractivity contribution in [3.8, 4) is 0 Å². The summed E-state index contributed by atoms with van der Waals surface area (Å²) in [5.74, 6) is 0.0838. The lowest BCUT2D eigenvalue weighted by molar-refractivity contribution is 0.0163. The largest absolute Gasteiger partial charge is 0.379 e. The number of benzene rings is 2. The SMILES string of the molecule is O=C(c1c[nH]c2ccccc12)[C@H](NC[C@@H](c1cccs1)N1CCOCC1)c1ccccc1. The van der Waals surface area contributed by atoms with Gasteiger partial charge in [0.25, 0.3) is 0 Å². The average molecular weight is 446 g/mol. The number of nitrogens with zero attached hydrogens (tertiary/aromatic N) is 1. The van der Waals surface area contributed by atoms with Gasteiger partial charge in [0.05, 0.1) is 25.3 Å². The molecule has 0 bridgehead atoms. The maximum Gasteiger partial charge on any atom is 0.186 e. The van der Waals surface area contributed by atoms with Crippen molar-refractivity contribution in [3.63, 3.8) is 0 Å². The van der Waals surface area contributed by atoms with Gasteiger partial charge in [-0.15, -0.1) is 11.3 Å². The standard InChI is InChI=1S/C26H27N3O2S/c30-26(21-17-27-22-10-5-4-9-20(21)22)25(19-7-2-1-3-8-19)28-18-23(24-11-6-16-32-24)29-12-14-31-15-13-29/h1-11,16-17,23,25,27-28H,12-15,18H2/t23-,25+/m0/s1. The predicted octanol–water partition coefficient (Wildman–Crippen LogP) is 4.82. The van der Waals surface area contributed by atoms with Gasteiger partial charge >= 0.3 is 0 Å². The summed E-state index contributed by atoms with van der Waals surface area (Å²) in [6, 6.07) is 22.1. The third-order valence-corrected chi connectivity index (χ3v) is 7.10. The molecular formula is C26H27N3O2S. The lowest BCUT2D eigenvalue weighted by Gasteiger charge is -2.35.